The lowest BCUT2D eigenvalue weighted by molar-refractivity contribution is -0.145. The Hall–Kier alpha value is -2.13. The van der Waals surface area contributed by atoms with Gasteiger partial charge in [0, 0.05) is 12.0 Å². The van der Waals surface area contributed by atoms with E-state index in [-0.39, 0.29) is 24.7 Å². The molecule has 2 rings (SSSR count). The maximum Gasteiger partial charge on any atom is 0.344 e. The lowest BCUT2D eigenvalue weighted by atomic mass is 9.91. The first-order valence-electron chi connectivity index (χ1n) is 7.36. The Bertz CT molecular complexity index is 609. The molecule has 0 aliphatic carbocycles. The number of hydrogen-bond donors (Lipinski definition) is 0. The summed E-state index contributed by atoms with van der Waals surface area (Å²) in [6.45, 7) is 6.29. The number of pyridine rings is 1. The van der Waals surface area contributed by atoms with Gasteiger partial charge in [-0.3, -0.25) is 0 Å². The Labute approximate surface area is 130 Å². The van der Waals surface area contributed by atoms with Crippen LogP contribution in [0.15, 0.2) is 6.07 Å². The van der Waals surface area contributed by atoms with Gasteiger partial charge >= 0.3 is 5.97 Å². The summed E-state index contributed by atoms with van der Waals surface area (Å²) in [5.74, 6) is -0.303. The average molecular weight is 304 g/mol. The Balaban J connectivity index is 2.22. The minimum absolute atomic E-state index is 0.176. The van der Waals surface area contributed by atoms with Crippen LogP contribution in [0.3, 0.4) is 0 Å². The molecular weight excluding hydrogens is 284 g/mol. The van der Waals surface area contributed by atoms with Gasteiger partial charge in [-0.1, -0.05) is 6.92 Å². The summed E-state index contributed by atoms with van der Waals surface area (Å²) >= 11 is 0. The quantitative estimate of drug-likeness (QED) is 0.775. The van der Waals surface area contributed by atoms with Gasteiger partial charge in [-0.05, 0) is 26.3 Å². The highest BCUT2D eigenvalue weighted by molar-refractivity contribution is 5.71. The molecule has 0 aromatic carbocycles. The van der Waals surface area contributed by atoms with Gasteiger partial charge in [-0.15, -0.1) is 0 Å². The van der Waals surface area contributed by atoms with Gasteiger partial charge < -0.3 is 14.2 Å². The lowest BCUT2D eigenvalue weighted by Gasteiger charge is -2.33. The molecule has 118 valence electrons. The molecule has 0 fully saturated rings. The number of rotatable bonds is 5. The molecule has 0 saturated carbocycles. The highest BCUT2D eigenvalue weighted by Crippen LogP contribution is 2.31. The van der Waals surface area contributed by atoms with Crippen molar-refractivity contribution in [1.29, 1.82) is 5.26 Å². The molecule has 6 nitrogen and oxygen atoms in total. The molecule has 0 spiro atoms. The number of nitrogens with zero attached hydrogens (tertiary/aromatic N) is 2. The van der Waals surface area contributed by atoms with Crippen LogP contribution in [-0.4, -0.2) is 29.8 Å². The molecule has 0 unspecified atom stereocenters. The Morgan fingerprint density at radius 2 is 2.32 bits per heavy atom. The molecule has 0 amide bonds. The maximum atomic E-state index is 11.4. The van der Waals surface area contributed by atoms with Gasteiger partial charge in [-0.25, -0.2) is 9.78 Å². The monoisotopic (exact) mass is 304 g/mol. The summed E-state index contributed by atoms with van der Waals surface area (Å²) in [4.78, 5) is 15.8. The van der Waals surface area contributed by atoms with E-state index in [0.717, 1.165) is 17.7 Å². The number of aromatic nitrogens is 1. The topological polar surface area (TPSA) is 81.4 Å². The largest absolute Gasteiger partial charge is 0.465 e. The van der Waals surface area contributed by atoms with Crippen LogP contribution < -0.4 is 4.74 Å². The van der Waals surface area contributed by atoms with Crippen LogP contribution in [0.1, 0.15) is 44.0 Å². The van der Waals surface area contributed by atoms with Crippen molar-refractivity contribution >= 4 is 5.97 Å². The van der Waals surface area contributed by atoms with Crippen molar-refractivity contribution in [3.63, 3.8) is 0 Å². The van der Waals surface area contributed by atoms with E-state index in [1.165, 1.54) is 0 Å². The van der Waals surface area contributed by atoms with Gasteiger partial charge in [0.15, 0.2) is 6.61 Å². The fourth-order valence-corrected chi connectivity index (χ4v) is 2.26. The molecule has 0 bridgehead atoms. The van der Waals surface area contributed by atoms with E-state index >= 15 is 0 Å². The molecule has 6 heteroatoms. The molecular formula is C16H20N2O4. The molecule has 1 aromatic heterocycles. The van der Waals surface area contributed by atoms with E-state index in [4.69, 9.17) is 14.2 Å². The first-order valence-corrected chi connectivity index (χ1v) is 7.36. The molecule has 1 aliphatic heterocycles. The van der Waals surface area contributed by atoms with Crippen molar-refractivity contribution in [3.05, 3.63) is 22.9 Å². The molecule has 2 heterocycles. The molecule has 0 radical (unpaired) electrons. The normalized spacial score (nSPS) is 19.9. The van der Waals surface area contributed by atoms with Crippen molar-refractivity contribution in [1.82, 2.24) is 4.98 Å². The third-order valence-electron chi connectivity index (χ3n) is 3.77. The summed E-state index contributed by atoms with van der Waals surface area (Å²) in [5, 5.41) is 9.21. The zero-order chi connectivity index (χ0) is 16.2. The Morgan fingerprint density at radius 3 is 2.95 bits per heavy atom. The summed E-state index contributed by atoms with van der Waals surface area (Å²) in [6.07, 6.45) is 1.52. The third-order valence-corrected chi connectivity index (χ3v) is 3.77. The van der Waals surface area contributed by atoms with Crippen molar-refractivity contribution in [3.8, 4) is 11.9 Å². The van der Waals surface area contributed by atoms with Crippen LogP contribution >= 0.6 is 0 Å². The highest BCUT2D eigenvalue weighted by atomic mass is 16.6. The minimum atomic E-state index is -0.479. The zero-order valence-corrected chi connectivity index (χ0v) is 13.1. The van der Waals surface area contributed by atoms with Crippen molar-refractivity contribution < 1.29 is 19.0 Å². The number of hydrogen-bond acceptors (Lipinski definition) is 6. The van der Waals surface area contributed by atoms with Gasteiger partial charge in [0.2, 0.25) is 5.88 Å². The summed E-state index contributed by atoms with van der Waals surface area (Å²) in [5.41, 5.74) is 1.79. The van der Waals surface area contributed by atoms with Crippen LogP contribution in [0.2, 0.25) is 0 Å². The lowest BCUT2D eigenvalue weighted by Crippen LogP contribution is -2.35. The van der Waals surface area contributed by atoms with Gasteiger partial charge in [-0.2, -0.15) is 5.26 Å². The fraction of sp³-hybridized carbons (Fsp3) is 0.562. The van der Waals surface area contributed by atoms with Gasteiger partial charge in [0.1, 0.15) is 11.6 Å². The molecule has 1 aromatic rings. The Morgan fingerprint density at radius 1 is 1.55 bits per heavy atom. The van der Waals surface area contributed by atoms with Gasteiger partial charge in [0.05, 0.1) is 24.5 Å². The maximum absolute atomic E-state index is 11.4. The van der Waals surface area contributed by atoms with E-state index in [9.17, 15) is 10.1 Å². The average Bonchev–Trinajstić information content (AvgIpc) is 2.52. The second kappa shape index (κ2) is 6.75. The summed E-state index contributed by atoms with van der Waals surface area (Å²) < 4.78 is 16.0. The smallest absolute Gasteiger partial charge is 0.344 e. The Kier molecular flexibility index (Phi) is 4.99. The third kappa shape index (κ3) is 3.55. The van der Waals surface area contributed by atoms with Crippen LogP contribution in [0.25, 0.3) is 0 Å². The molecule has 1 aliphatic rings. The standard InChI is InChI=1S/C16H20N2O4/c1-4-16(3)7-13-12(9-22-16)6-11(8-17)15(18-13)21-10-14(19)20-5-2/h6H,4-5,7,9-10H2,1-3H3/t16-/m0/s1. The SMILES string of the molecule is CCOC(=O)COc1nc2c(cc1C#N)CO[C@@](C)(CC)C2. The predicted octanol–water partition coefficient (Wildman–Crippen LogP) is 2.14. The van der Waals surface area contributed by atoms with E-state index in [1.807, 2.05) is 13.0 Å². The number of ether oxygens (including phenoxy) is 3. The number of nitriles is 1. The zero-order valence-electron chi connectivity index (χ0n) is 13.1. The highest BCUT2D eigenvalue weighted by Gasteiger charge is 2.31. The number of carbonyl (C=O) groups excluding carboxylic acids is 1. The molecule has 1 atom stereocenters. The summed E-state index contributed by atoms with van der Waals surface area (Å²) in [6, 6.07) is 3.76. The fourth-order valence-electron chi connectivity index (χ4n) is 2.26. The predicted molar refractivity (Wildman–Crippen MR) is 78.3 cm³/mol. The van der Waals surface area contributed by atoms with E-state index in [0.29, 0.717) is 18.6 Å². The molecule has 0 N–H and O–H groups in total. The van der Waals surface area contributed by atoms with E-state index in [2.05, 4.69) is 11.9 Å². The summed E-state index contributed by atoms with van der Waals surface area (Å²) in [7, 11) is 0. The second-order valence-corrected chi connectivity index (χ2v) is 5.42. The van der Waals surface area contributed by atoms with Crippen LogP contribution in [0.4, 0.5) is 0 Å². The van der Waals surface area contributed by atoms with E-state index in [1.54, 1.807) is 13.0 Å². The second-order valence-electron chi connectivity index (χ2n) is 5.42. The minimum Gasteiger partial charge on any atom is -0.465 e. The first kappa shape index (κ1) is 16.2. The van der Waals surface area contributed by atoms with Crippen molar-refractivity contribution in [2.75, 3.05) is 13.2 Å². The van der Waals surface area contributed by atoms with Gasteiger partial charge in [0.25, 0.3) is 0 Å². The first-order chi connectivity index (χ1) is 10.5. The number of esters is 1. The van der Waals surface area contributed by atoms with Crippen LogP contribution in [0, 0.1) is 11.3 Å². The number of carbonyl (C=O) groups is 1. The van der Waals surface area contributed by atoms with Crippen molar-refractivity contribution in [2.45, 2.75) is 45.8 Å². The molecule has 0 saturated heterocycles. The molecule has 22 heavy (non-hydrogen) atoms. The number of fused-ring (bicyclic) bond motifs is 1. The van der Waals surface area contributed by atoms with Crippen molar-refractivity contribution in [2.24, 2.45) is 0 Å². The van der Waals surface area contributed by atoms with E-state index < -0.39 is 5.97 Å². The van der Waals surface area contributed by atoms with Crippen LogP contribution in [0.5, 0.6) is 5.88 Å². The van der Waals surface area contributed by atoms with Crippen LogP contribution in [-0.2, 0) is 27.3 Å².